The van der Waals surface area contributed by atoms with Crippen molar-refractivity contribution in [1.82, 2.24) is 0 Å². The molecule has 108 valence electrons. The molecular formula is C18H24O2. The topological polar surface area (TPSA) is 18.5 Å². The van der Waals surface area contributed by atoms with E-state index in [1.54, 1.807) is 6.08 Å². The Morgan fingerprint density at radius 3 is 2.30 bits per heavy atom. The molecule has 1 saturated carbocycles. The number of benzene rings is 1. The number of ether oxygens (including phenoxy) is 2. The zero-order valence-corrected chi connectivity index (χ0v) is 12.0. The molecule has 0 saturated heterocycles. The second-order valence-electron chi connectivity index (χ2n) is 5.13. The number of rotatable bonds is 7. The van der Waals surface area contributed by atoms with Gasteiger partial charge in [-0.05, 0) is 18.4 Å². The molecule has 0 aliphatic heterocycles. The lowest BCUT2D eigenvalue weighted by molar-refractivity contribution is -0.0781. The van der Waals surface area contributed by atoms with Crippen molar-refractivity contribution in [3.8, 4) is 0 Å². The van der Waals surface area contributed by atoms with Gasteiger partial charge in [-0.25, -0.2) is 0 Å². The van der Waals surface area contributed by atoms with Gasteiger partial charge < -0.3 is 9.47 Å². The molecule has 0 spiro atoms. The lowest BCUT2D eigenvalue weighted by Gasteiger charge is -2.30. The van der Waals surface area contributed by atoms with E-state index in [2.05, 4.69) is 30.9 Å². The fourth-order valence-corrected chi connectivity index (χ4v) is 2.56. The summed E-state index contributed by atoms with van der Waals surface area (Å²) in [6.45, 7) is 4.96. The Balaban J connectivity index is 1.76. The lowest BCUT2D eigenvalue weighted by atomic mass is 9.94. The van der Waals surface area contributed by atoms with Crippen molar-refractivity contribution in [2.75, 3.05) is 13.2 Å². The summed E-state index contributed by atoms with van der Waals surface area (Å²) in [5.41, 5.74) is 1.21. The first-order valence-electron chi connectivity index (χ1n) is 7.46. The van der Waals surface area contributed by atoms with Gasteiger partial charge in [0.25, 0.3) is 0 Å². The lowest BCUT2D eigenvalue weighted by Crippen LogP contribution is -2.34. The van der Waals surface area contributed by atoms with E-state index in [-0.39, 0.29) is 12.2 Å². The summed E-state index contributed by atoms with van der Waals surface area (Å²) in [4.78, 5) is 0. The number of hydrogen-bond acceptors (Lipinski definition) is 2. The largest absolute Gasteiger partial charge is 0.371 e. The van der Waals surface area contributed by atoms with Crippen molar-refractivity contribution in [2.45, 2.75) is 37.9 Å². The van der Waals surface area contributed by atoms with Crippen LogP contribution in [0.25, 0.3) is 6.08 Å². The van der Waals surface area contributed by atoms with E-state index < -0.39 is 0 Å². The maximum atomic E-state index is 5.97. The van der Waals surface area contributed by atoms with E-state index in [4.69, 9.17) is 9.47 Å². The molecule has 20 heavy (non-hydrogen) atoms. The highest BCUT2D eigenvalue weighted by atomic mass is 16.5. The normalized spacial score (nSPS) is 23.0. The van der Waals surface area contributed by atoms with E-state index in [9.17, 15) is 0 Å². The van der Waals surface area contributed by atoms with Crippen LogP contribution >= 0.6 is 0 Å². The van der Waals surface area contributed by atoms with Crippen LogP contribution in [0.15, 0.2) is 49.1 Å². The van der Waals surface area contributed by atoms with E-state index in [0.717, 1.165) is 12.8 Å². The minimum atomic E-state index is 0.226. The average Bonchev–Trinajstić information content (AvgIpc) is 2.51. The Hall–Kier alpha value is -1.38. The molecule has 2 nitrogen and oxygen atoms in total. The highest BCUT2D eigenvalue weighted by Crippen LogP contribution is 2.23. The molecule has 1 aliphatic rings. The average molecular weight is 272 g/mol. The molecule has 1 aromatic rings. The zero-order chi connectivity index (χ0) is 14.0. The molecule has 1 aliphatic carbocycles. The SMILES string of the molecule is C=CCO[C@@H]1CCCC[C@H]1OC/C=C/c1ccccc1. The molecule has 0 bridgehead atoms. The third-order valence-corrected chi connectivity index (χ3v) is 3.59. The molecule has 2 heteroatoms. The monoisotopic (exact) mass is 272 g/mol. The standard InChI is InChI=1S/C18H24O2/c1-2-14-19-17-12-6-7-13-18(17)20-15-8-11-16-9-4-3-5-10-16/h2-5,8-11,17-18H,1,6-7,12-15H2/b11-8+/t17-,18-/m1/s1. The van der Waals surface area contributed by atoms with Crippen molar-refractivity contribution in [3.63, 3.8) is 0 Å². The molecule has 0 N–H and O–H groups in total. The van der Waals surface area contributed by atoms with Gasteiger partial charge in [-0.2, -0.15) is 0 Å². The van der Waals surface area contributed by atoms with Gasteiger partial charge in [0.2, 0.25) is 0 Å². The first-order valence-corrected chi connectivity index (χ1v) is 7.46. The van der Waals surface area contributed by atoms with Gasteiger partial charge in [0, 0.05) is 0 Å². The third-order valence-electron chi connectivity index (χ3n) is 3.59. The van der Waals surface area contributed by atoms with Crippen molar-refractivity contribution < 1.29 is 9.47 Å². The van der Waals surface area contributed by atoms with Crippen LogP contribution in [0.5, 0.6) is 0 Å². The first kappa shape index (κ1) is 15.0. The maximum Gasteiger partial charge on any atom is 0.0841 e. The van der Waals surface area contributed by atoms with Gasteiger partial charge in [-0.3, -0.25) is 0 Å². The Kier molecular flexibility index (Phi) is 6.55. The van der Waals surface area contributed by atoms with Gasteiger partial charge in [0.1, 0.15) is 0 Å². The Morgan fingerprint density at radius 2 is 1.65 bits per heavy atom. The van der Waals surface area contributed by atoms with Gasteiger partial charge in [-0.15, -0.1) is 6.58 Å². The highest BCUT2D eigenvalue weighted by molar-refractivity contribution is 5.48. The van der Waals surface area contributed by atoms with Gasteiger partial charge >= 0.3 is 0 Å². The summed E-state index contributed by atoms with van der Waals surface area (Å²) in [5, 5.41) is 0. The molecule has 2 atom stereocenters. The summed E-state index contributed by atoms with van der Waals surface area (Å²) in [6, 6.07) is 10.3. The quantitative estimate of drug-likeness (QED) is 0.692. The fourth-order valence-electron chi connectivity index (χ4n) is 2.56. The molecular weight excluding hydrogens is 248 g/mol. The van der Waals surface area contributed by atoms with Crippen LogP contribution in [-0.4, -0.2) is 25.4 Å². The minimum Gasteiger partial charge on any atom is -0.371 e. The number of hydrogen-bond donors (Lipinski definition) is 0. The molecule has 0 aromatic heterocycles. The predicted molar refractivity (Wildman–Crippen MR) is 83.6 cm³/mol. The molecule has 0 amide bonds. The minimum absolute atomic E-state index is 0.226. The fraction of sp³-hybridized carbons (Fsp3) is 0.444. The van der Waals surface area contributed by atoms with Crippen molar-refractivity contribution in [1.29, 1.82) is 0 Å². The molecule has 0 radical (unpaired) electrons. The second kappa shape index (κ2) is 8.72. The van der Waals surface area contributed by atoms with Crippen LogP contribution < -0.4 is 0 Å². The summed E-state index contributed by atoms with van der Waals surface area (Å²) in [7, 11) is 0. The summed E-state index contributed by atoms with van der Waals surface area (Å²) < 4.78 is 11.8. The molecule has 0 unspecified atom stereocenters. The first-order chi connectivity index (χ1) is 9.90. The smallest absolute Gasteiger partial charge is 0.0841 e. The Bertz CT molecular complexity index is 411. The third kappa shape index (κ3) is 4.95. The zero-order valence-electron chi connectivity index (χ0n) is 12.0. The van der Waals surface area contributed by atoms with Crippen LogP contribution in [0.3, 0.4) is 0 Å². The van der Waals surface area contributed by atoms with Crippen LogP contribution in [-0.2, 0) is 9.47 Å². The van der Waals surface area contributed by atoms with Crippen LogP contribution in [0, 0.1) is 0 Å². The van der Waals surface area contributed by atoms with E-state index in [1.165, 1.54) is 18.4 Å². The summed E-state index contributed by atoms with van der Waals surface area (Å²) in [5.74, 6) is 0. The molecule has 0 heterocycles. The second-order valence-corrected chi connectivity index (χ2v) is 5.13. The predicted octanol–water partition coefficient (Wildman–Crippen LogP) is 4.23. The highest BCUT2D eigenvalue weighted by Gasteiger charge is 2.25. The van der Waals surface area contributed by atoms with E-state index in [1.807, 2.05) is 18.2 Å². The van der Waals surface area contributed by atoms with Crippen molar-refractivity contribution >= 4 is 6.08 Å². The van der Waals surface area contributed by atoms with E-state index >= 15 is 0 Å². The van der Waals surface area contributed by atoms with Crippen LogP contribution in [0.4, 0.5) is 0 Å². The van der Waals surface area contributed by atoms with Crippen molar-refractivity contribution in [2.24, 2.45) is 0 Å². The van der Waals surface area contributed by atoms with Gasteiger partial charge in [0.05, 0.1) is 25.4 Å². The van der Waals surface area contributed by atoms with Gasteiger partial charge in [0.15, 0.2) is 0 Å². The molecule has 2 rings (SSSR count). The van der Waals surface area contributed by atoms with Crippen LogP contribution in [0.2, 0.25) is 0 Å². The molecule has 1 aromatic carbocycles. The summed E-state index contributed by atoms with van der Waals surface area (Å²) in [6.07, 6.45) is 11.1. The molecule has 1 fully saturated rings. The van der Waals surface area contributed by atoms with Gasteiger partial charge in [-0.1, -0.05) is 61.4 Å². The summed E-state index contributed by atoms with van der Waals surface area (Å²) >= 11 is 0. The Labute approximate surface area is 122 Å². The van der Waals surface area contributed by atoms with Crippen LogP contribution in [0.1, 0.15) is 31.2 Å². The van der Waals surface area contributed by atoms with Crippen molar-refractivity contribution in [3.05, 3.63) is 54.6 Å². The maximum absolute atomic E-state index is 5.97. The Morgan fingerprint density at radius 1 is 1.00 bits per heavy atom. The van der Waals surface area contributed by atoms with E-state index in [0.29, 0.717) is 13.2 Å².